The number of nitrogens with two attached hydrogens (primary N) is 1. The quantitative estimate of drug-likeness (QED) is 0.898. The van der Waals surface area contributed by atoms with Crippen LogP contribution in [0.1, 0.15) is 56.2 Å². The van der Waals surface area contributed by atoms with Crippen LogP contribution in [-0.4, -0.2) is 24.0 Å². The van der Waals surface area contributed by atoms with Crippen LogP contribution >= 0.6 is 0 Å². The van der Waals surface area contributed by atoms with E-state index in [1.807, 2.05) is 0 Å². The van der Waals surface area contributed by atoms with Gasteiger partial charge >= 0.3 is 0 Å². The number of rotatable bonds is 4. The van der Waals surface area contributed by atoms with E-state index in [1.54, 1.807) is 5.56 Å². The van der Waals surface area contributed by atoms with Crippen LogP contribution in [0.5, 0.6) is 0 Å². The molecule has 104 valence electrons. The summed E-state index contributed by atoms with van der Waals surface area (Å²) in [6.45, 7) is 6.60. The van der Waals surface area contributed by atoms with Gasteiger partial charge in [0.1, 0.15) is 0 Å². The summed E-state index contributed by atoms with van der Waals surface area (Å²) in [5.74, 6) is 1.46. The van der Waals surface area contributed by atoms with Gasteiger partial charge in [-0.2, -0.15) is 0 Å². The minimum atomic E-state index is 0.531. The Hall–Kier alpha value is -0.860. The maximum Gasteiger partial charge on any atom is 0.0391 e. The van der Waals surface area contributed by atoms with Gasteiger partial charge in [0, 0.05) is 12.1 Å². The second-order valence-electron chi connectivity index (χ2n) is 6.51. The van der Waals surface area contributed by atoms with Gasteiger partial charge in [-0.25, -0.2) is 0 Å². The summed E-state index contributed by atoms with van der Waals surface area (Å²) in [6, 6.07) is 10.4. The highest BCUT2D eigenvalue weighted by Crippen LogP contribution is 2.43. The molecule has 0 spiro atoms. The molecule has 3 rings (SSSR count). The standard InChI is InChI=1S/C17H26N2/c1-12(2)19-9-8-16(11-18)17(19)15-5-3-4-14(10-15)13-6-7-13/h3-5,10,12-13,16-17H,6-9,11,18H2,1-2H3. The number of likely N-dealkylation sites (tertiary alicyclic amines) is 1. The second kappa shape index (κ2) is 5.26. The van der Waals surface area contributed by atoms with E-state index < -0.39 is 0 Å². The summed E-state index contributed by atoms with van der Waals surface area (Å²) in [7, 11) is 0. The van der Waals surface area contributed by atoms with Crippen molar-refractivity contribution in [3.63, 3.8) is 0 Å². The van der Waals surface area contributed by atoms with Crippen molar-refractivity contribution in [2.24, 2.45) is 11.7 Å². The fraction of sp³-hybridized carbons (Fsp3) is 0.647. The van der Waals surface area contributed by atoms with Crippen molar-refractivity contribution in [1.29, 1.82) is 0 Å². The Morgan fingerprint density at radius 3 is 2.58 bits per heavy atom. The molecular formula is C17H26N2. The Morgan fingerprint density at radius 2 is 1.95 bits per heavy atom. The van der Waals surface area contributed by atoms with Gasteiger partial charge in [0.25, 0.3) is 0 Å². The van der Waals surface area contributed by atoms with E-state index in [0.717, 1.165) is 12.5 Å². The first kappa shape index (κ1) is 13.1. The maximum absolute atomic E-state index is 6.01. The predicted octanol–water partition coefficient (Wildman–Crippen LogP) is 3.29. The van der Waals surface area contributed by atoms with Crippen molar-refractivity contribution >= 4 is 0 Å². The van der Waals surface area contributed by atoms with Gasteiger partial charge in [-0.05, 0) is 69.2 Å². The number of hydrogen-bond donors (Lipinski definition) is 1. The van der Waals surface area contributed by atoms with Crippen molar-refractivity contribution in [3.8, 4) is 0 Å². The van der Waals surface area contributed by atoms with E-state index in [9.17, 15) is 0 Å². The van der Waals surface area contributed by atoms with Gasteiger partial charge in [-0.3, -0.25) is 4.90 Å². The Labute approximate surface area is 117 Å². The van der Waals surface area contributed by atoms with Gasteiger partial charge in [0.15, 0.2) is 0 Å². The molecule has 1 heterocycles. The SMILES string of the molecule is CC(C)N1CCC(CN)C1c1cccc(C2CC2)c1. The van der Waals surface area contributed by atoms with Crippen LogP contribution in [0.2, 0.25) is 0 Å². The van der Waals surface area contributed by atoms with Gasteiger partial charge in [0.05, 0.1) is 0 Å². The van der Waals surface area contributed by atoms with Crippen LogP contribution < -0.4 is 5.73 Å². The minimum absolute atomic E-state index is 0.531. The molecule has 0 radical (unpaired) electrons. The van der Waals surface area contributed by atoms with E-state index in [1.165, 1.54) is 31.4 Å². The number of benzene rings is 1. The lowest BCUT2D eigenvalue weighted by Crippen LogP contribution is -2.33. The molecule has 0 amide bonds. The first-order valence-electron chi connectivity index (χ1n) is 7.76. The molecule has 1 saturated carbocycles. The molecule has 2 atom stereocenters. The van der Waals surface area contributed by atoms with Gasteiger partial charge in [-0.15, -0.1) is 0 Å². The third kappa shape index (κ3) is 2.56. The molecule has 0 aromatic heterocycles. The van der Waals surface area contributed by atoms with Crippen LogP contribution in [0.15, 0.2) is 24.3 Å². The Morgan fingerprint density at radius 1 is 1.21 bits per heavy atom. The van der Waals surface area contributed by atoms with Crippen LogP contribution in [-0.2, 0) is 0 Å². The highest BCUT2D eigenvalue weighted by molar-refractivity contribution is 5.32. The maximum atomic E-state index is 6.01. The van der Waals surface area contributed by atoms with E-state index in [2.05, 4.69) is 43.0 Å². The van der Waals surface area contributed by atoms with Crippen molar-refractivity contribution in [3.05, 3.63) is 35.4 Å². The largest absolute Gasteiger partial charge is 0.330 e. The van der Waals surface area contributed by atoms with E-state index >= 15 is 0 Å². The number of nitrogens with zero attached hydrogens (tertiary/aromatic N) is 1. The summed E-state index contributed by atoms with van der Waals surface area (Å²) >= 11 is 0. The van der Waals surface area contributed by atoms with Crippen LogP contribution in [0, 0.1) is 5.92 Å². The first-order valence-corrected chi connectivity index (χ1v) is 7.76. The fourth-order valence-electron chi connectivity index (χ4n) is 3.59. The summed E-state index contributed by atoms with van der Waals surface area (Å²) in [6.07, 6.45) is 4.00. The van der Waals surface area contributed by atoms with Crippen molar-refractivity contribution in [1.82, 2.24) is 4.90 Å². The summed E-state index contributed by atoms with van der Waals surface area (Å²) in [5, 5.41) is 0. The first-order chi connectivity index (χ1) is 9.20. The average molecular weight is 258 g/mol. The third-order valence-corrected chi connectivity index (χ3v) is 4.83. The Bertz CT molecular complexity index is 437. The molecule has 1 aromatic carbocycles. The molecule has 2 nitrogen and oxygen atoms in total. The second-order valence-corrected chi connectivity index (χ2v) is 6.51. The molecule has 1 saturated heterocycles. The lowest BCUT2D eigenvalue weighted by Gasteiger charge is -2.31. The molecule has 2 heteroatoms. The van der Waals surface area contributed by atoms with Crippen molar-refractivity contribution < 1.29 is 0 Å². The smallest absolute Gasteiger partial charge is 0.0391 e. The Balaban J connectivity index is 1.90. The molecule has 1 aliphatic carbocycles. The molecule has 1 aromatic rings. The van der Waals surface area contributed by atoms with Gasteiger partial charge < -0.3 is 5.73 Å². The zero-order valence-electron chi connectivity index (χ0n) is 12.2. The minimum Gasteiger partial charge on any atom is -0.330 e. The van der Waals surface area contributed by atoms with Crippen molar-refractivity contribution in [2.75, 3.05) is 13.1 Å². The van der Waals surface area contributed by atoms with Crippen molar-refractivity contribution in [2.45, 2.75) is 51.1 Å². The van der Waals surface area contributed by atoms with E-state index in [0.29, 0.717) is 18.0 Å². The normalized spacial score (nSPS) is 28.2. The van der Waals surface area contributed by atoms with Crippen LogP contribution in [0.3, 0.4) is 0 Å². The fourth-order valence-corrected chi connectivity index (χ4v) is 3.59. The number of hydrogen-bond acceptors (Lipinski definition) is 2. The molecule has 2 N–H and O–H groups in total. The van der Waals surface area contributed by atoms with Gasteiger partial charge in [0.2, 0.25) is 0 Å². The highest BCUT2D eigenvalue weighted by atomic mass is 15.2. The van der Waals surface area contributed by atoms with E-state index in [4.69, 9.17) is 5.73 Å². The predicted molar refractivity (Wildman–Crippen MR) is 80.2 cm³/mol. The molecule has 2 unspecified atom stereocenters. The zero-order valence-corrected chi connectivity index (χ0v) is 12.2. The van der Waals surface area contributed by atoms with Crippen LogP contribution in [0.4, 0.5) is 0 Å². The summed E-state index contributed by atoms with van der Waals surface area (Å²) in [4.78, 5) is 2.63. The lowest BCUT2D eigenvalue weighted by molar-refractivity contribution is 0.184. The summed E-state index contributed by atoms with van der Waals surface area (Å²) < 4.78 is 0. The average Bonchev–Trinajstić information content (AvgIpc) is 3.17. The Kier molecular flexibility index (Phi) is 3.64. The lowest BCUT2D eigenvalue weighted by atomic mass is 9.91. The molecule has 0 bridgehead atoms. The monoisotopic (exact) mass is 258 g/mol. The van der Waals surface area contributed by atoms with E-state index in [-0.39, 0.29) is 0 Å². The topological polar surface area (TPSA) is 29.3 Å². The molecule has 19 heavy (non-hydrogen) atoms. The zero-order chi connectivity index (χ0) is 13.4. The molecule has 2 aliphatic rings. The summed E-state index contributed by atoms with van der Waals surface area (Å²) in [5.41, 5.74) is 9.04. The molecule has 2 fully saturated rings. The molecule has 1 aliphatic heterocycles. The van der Waals surface area contributed by atoms with Crippen LogP contribution in [0.25, 0.3) is 0 Å². The highest BCUT2D eigenvalue weighted by Gasteiger charge is 2.36. The third-order valence-electron chi connectivity index (χ3n) is 4.83. The molecular weight excluding hydrogens is 232 g/mol. The van der Waals surface area contributed by atoms with Gasteiger partial charge in [-0.1, -0.05) is 24.3 Å².